The topological polar surface area (TPSA) is 86.2 Å². The first-order valence-electron chi connectivity index (χ1n) is 10.6. The maximum absolute atomic E-state index is 6.09. The fourth-order valence-electron chi connectivity index (χ4n) is 2.65. The largest absolute Gasteiger partial charge is 0.490 e. The highest BCUT2D eigenvalue weighted by atomic mass is 16.5. The Hall–Kier alpha value is -2.84. The monoisotopic (exact) mass is 430 g/mol. The Labute approximate surface area is 185 Å². The van der Waals surface area contributed by atoms with Gasteiger partial charge >= 0.3 is 0 Å². The number of aliphatic imine (C=N–C) groups is 1. The fraction of sp³-hybridized carbons (Fsp3) is 0.478. The highest BCUT2D eigenvalue weighted by Gasteiger charge is 2.11. The summed E-state index contributed by atoms with van der Waals surface area (Å²) in [5.74, 6) is 2.59. The van der Waals surface area contributed by atoms with Gasteiger partial charge in [-0.2, -0.15) is 0 Å². The molecule has 31 heavy (non-hydrogen) atoms. The van der Waals surface area contributed by atoms with Gasteiger partial charge in [0, 0.05) is 45.6 Å². The van der Waals surface area contributed by atoms with Crippen LogP contribution in [0.4, 0.5) is 0 Å². The number of benzene rings is 1. The molecule has 8 nitrogen and oxygen atoms in total. The summed E-state index contributed by atoms with van der Waals surface area (Å²) >= 11 is 0. The number of rotatable bonds is 14. The lowest BCUT2D eigenvalue weighted by atomic mass is 10.2. The number of para-hydroxylation sites is 2. The van der Waals surface area contributed by atoms with Crippen LogP contribution in [0.15, 0.2) is 47.6 Å². The van der Waals surface area contributed by atoms with Gasteiger partial charge in [0.15, 0.2) is 17.5 Å². The zero-order valence-corrected chi connectivity index (χ0v) is 18.7. The summed E-state index contributed by atoms with van der Waals surface area (Å²) in [5.41, 5.74) is 0.915. The molecule has 0 radical (unpaired) electrons. The van der Waals surface area contributed by atoms with Crippen molar-refractivity contribution in [3.05, 3.63) is 48.2 Å². The van der Waals surface area contributed by atoms with Crippen LogP contribution in [0.5, 0.6) is 17.4 Å². The van der Waals surface area contributed by atoms with Crippen LogP contribution >= 0.6 is 0 Å². The minimum absolute atomic E-state index is 0.519. The van der Waals surface area contributed by atoms with Crippen LogP contribution in [-0.4, -0.2) is 58.1 Å². The molecular formula is C23H34N4O4. The second kappa shape index (κ2) is 15.0. The molecule has 1 aromatic heterocycles. The smallest absolute Gasteiger partial charge is 0.224 e. The highest BCUT2D eigenvalue weighted by Crippen LogP contribution is 2.31. The van der Waals surface area contributed by atoms with Crippen molar-refractivity contribution in [2.24, 2.45) is 4.99 Å². The van der Waals surface area contributed by atoms with E-state index in [4.69, 9.17) is 18.9 Å². The SMILES string of the molecule is CCCOc1ccccc1Oc1ncccc1CNC(=NC)NCCCOCCOC. The Morgan fingerprint density at radius 1 is 1.00 bits per heavy atom. The van der Waals surface area contributed by atoms with E-state index in [-0.39, 0.29) is 0 Å². The molecule has 0 aliphatic heterocycles. The first kappa shape index (κ1) is 24.4. The number of nitrogens with one attached hydrogen (secondary N) is 2. The molecule has 2 aromatic rings. The minimum atomic E-state index is 0.519. The molecule has 0 spiro atoms. The summed E-state index contributed by atoms with van der Waals surface area (Å²) in [6.07, 6.45) is 3.52. The molecule has 2 rings (SSSR count). The van der Waals surface area contributed by atoms with Crippen LogP contribution < -0.4 is 20.1 Å². The van der Waals surface area contributed by atoms with E-state index in [0.717, 1.165) is 24.9 Å². The molecule has 1 aromatic carbocycles. The Morgan fingerprint density at radius 3 is 2.61 bits per heavy atom. The van der Waals surface area contributed by atoms with Crippen molar-refractivity contribution in [3.63, 3.8) is 0 Å². The van der Waals surface area contributed by atoms with Gasteiger partial charge in [-0.15, -0.1) is 0 Å². The fourth-order valence-corrected chi connectivity index (χ4v) is 2.65. The highest BCUT2D eigenvalue weighted by molar-refractivity contribution is 5.79. The van der Waals surface area contributed by atoms with Gasteiger partial charge in [0.25, 0.3) is 0 Å². The van der Waals surface area contributed by atoms with Crippen molar-refractivity contribution >= 4 is 5.96 Å². The number of ether oxygens (including phenoxy) is 4. The van der Waals surface area contributed by atoms with E-state index in [1.807, 2.05) is 36.4 Å². The van der Waals surface area contributed by atoms with Gasteiger partial charge in [-0.3, -0.25) is 4.99 Å². The van der Waals surface area contributed by atoms with E-state index in [1.54, 1.807) is 20.4 Å². The average molecular weight is 431 g/mol. The van der Waals surface area contributed by atoms with Gasteiger partial charge in [0.1, 0.15) is 0 Å². The van der Waals surface area contributed by atoms with Gasteiger partial charge in [0.2, 0.25) is 5.88 Å². The number of hydrogen-bond acceptors (Lipinski definition) is 6. The lowest BCUT2D eigenvalue weighted by Crippen LogP contribution is -2.37. The number of hydrogen-bond donors (Lipinski definition) is 2. The summed E-state index contributed by atoms with van der Waals surface area (Å²) < 4.78 is 22.3. The molecule has 0 saturated carbocycles. The average Bonchev–Trinajstić information content (AvgIpc) is 2.80. The van der Waals surface area contributed by atoms with Gasteiger partial charge in [-0.1, -0.05) is 25.1 Å². The summed E-state index contributed by atoms with van der Waals surface area (Å²) in [6.45, 7) is 5.88. The first-order valence-corrected chi connectivity index (χ1v) is 10.6. The molecule has 0 fully saturated rings. The Bertz CT molecular complexity index is 786. The van der Waals surface area contributed by atoms with Crippen LogP contribution in [0.3, 0.4) is 0 Å². The van der Waals surface area contributed by atoms with Crippen molar-refractivity contribution in [1.82, 2.24) is 15.6 Å². The van der Waals surface area contributed by atoms with E-state index < -0.39 is 0 Å². The second-order valence-corrected chi connectivity index (χ2v) is 6.68. The third-order valence-corrected chi connectivity index (χ3v) is 4.23. The molecule has 0 aliphatic carbocycles. The summed E-state index contributed by atoms with van der Waals surface area (Å²) in [4.78, 5) is 8.67. The zero-order valence-electron chi connectivity index (χ0n) is 18.7. The molecule has 1 heterocycles. The Balaban J connectivity index is 1.88. The molecule has 2 N–H and O–H groups in total. The Kier molecular flexibility index (Phi) is 11.8. The van der Waals surface area contributed by atoms with Crippen LogP contribution in [0.1, 0.15) is 25.3 Å². The van der Waals surface area contributed by atoms with Gasteiger partial charge in [-0.25, -0.2) is 4.98 Å². The van der Waals surface area contributed by atoms with E-state index in [9.17, 15) is 0 Å². The van der Waals surface area contributed by atoms with E-state index >= 15 is 0 Å². The molecule has 170 valence electrons. The lowest BCUT2D eigenvalue weighted by Gasteiger charge is -2.15. The number of aromatic nitrogens is 1. The van der Waals surface area contributed by atoms with E-state index in [0.29, 0.717) is 56.3 Å². The Morgan fingerprint density at radius 2 is 1.84 bits per heavy atom. The predicted molar refractivity (Wildman–Crippen MR) is 122 cm³/mol. The maximum atomic E-state index is 6.09. The van der Waals surface area contributed by atoms with Crippen molar-refractivity contribution in [2.75, 3.05) is 47.1 Å². The van der Waals surface area contributed by atoms with Gasteiger partial charge < -0.3 is 29.6 Å². The van der Waals surface area contributed by atoms with Crippen LogP contribution in [0.2, 0.25) is 0 Å². The third-order valence-electron chi connectivity index (χ3n) is 4.23. The zero-order chi connectivity index (χ0) is 22.2. The molecule has 0 unspecified atom stereocenters. The molecule has 8 heteroatoms. The number of pyridine rings is 1. The van der Waals surface area contributed by atoms with Crippen molar-refractivity contribution < 1.29 is 18.9 Å². The second-order valence-electron chi connectivity index (χ2n) is 6.68. The van der Waals surface area contributed by atoms with E-state index in [1.165, 1.54) is 0 Å². The molecule has 0 aliphatic rings. The van der Waals surface area contributed by atoms with Crippen molar-refractivity contribution in [2.45, 2.75) is 26.3 Å². The first-order chi connectivity index (χ1) is 15.3. The summed E-state index contributed by atoms with van der Waals surface area (Å²) in [6, 6.07) is 11.5. The summed E-state index contributed by atoms with van der Waals surface area (Å²) in [5, 5.41) is 6.58. The van der Waals surface area contributed by atoms with Gasteiger partial charge in [-0.05, 0) is 31.0 Å². The standard InChI is InChI=1S/C23H34N4O4/c1-4-14-30-20-10-5-6-11-21(20)31-22-19(9-7-12-25-22)18-27-23(24-2)26-13-8-15-29-17-16-28-3/h5-7,9-12H,4,8,13-18H2,1-3H3,(H2,24,26,27). The minimum Gasteiger partial charge on any atom is -0.490 e. The molecule has 0 amide bonds. The number of guanidine groups is 1. The van der Waals surface area contributed by atoms with Crippen molar-refractivity contribution in [3.8, 4) is 17.4 Å². The van der Waals surface area contributed by atoms with E-state index in [2.05, 4.69) is 27.5 Å². The van der Waals surface area contributed by atoms with Crippen LogP contribution in [0, 0.1) is 0 Å². The number of nitrogens with zero attached hydrogens (tertiary/aromatic N) is 2. The molecule has 0 bridgehead atoms. The lowest BCUT2D eigenvalue weighted by molar-refractivity contribution is 0.0698. The molecular weight excluding hydrogens is 396 g/mol. The normalized spacial score (nSPS) is 11.3. The van der Waals surface area contributed by atoms with Gasteiger partial charge in [0.05, 0.1) is 19.8 Å². The third kappa shape index (κ3) is 9.23. The van der Waals surface area contributed by atoms with Crippen molar-refractivity contribution in [1.29, 1.82) is 0 Å². The maximum Gasteiger partial charge on any atom is 0.224 e. The molecule has 0 atom stereocenters. The molecule has 0 saturated heterocycles. The van der Waals surface area contributed by atoms with Crippen LogP contribution in [0.25, 0.3) is 0 Å². The number of methoxy groups -OCH3 is 1. The predicted octanol–water partition coefficient (Wildman–Crippen LogP) is 3.38. The summed E-state index contributed by atoms with van der Waals surface area (Å²) in [7, 11) is 3.41. The van der Waals surface area contributed by atoms with Crippen LogP contribution in [-0.2, 0) is 16.0 Å². The quantitative estimate of drug-likeness (QED) is 0.270.